The Hall–Kier alpha value is -0.770. The molecule has 0 aliphatic heterocycles. The molecule has 92 valence electrons. The van der Waals surface area contributed by atoms with E-state index in [2.05, 4.69) is 0 Å². The molecule has 0 aliphatic carbocycles. The van der Waals surface area contributed by atoms with E-state index in [1.807, 2.05) is 0 Å². The summed E-state index contributed by atoms with van der Waals surface area (Å²) in [7, 11) is 0. The van der Waals surface area contributed by atoms with Gasteiger partial charge in [0.15, 0.2) is 0 Å². The summed E-state index contributed by atoms with van der Waals surface area (Å²) in [6.45, 7) is 0.0727. The van der Waals surface area contributed by atoms with E-state index < -0.39 is 9.69 Å². The monoisotopic (exact) mass is 295 g/mol. The zero-order valence-corrected chi connectivity index (χ0v) is 10.9. The molecule has 6 heteroatoms. The molecule has 0 saturated carbocycles. The first kappa shape index (κ1) is 14.3. The third-order valence-corrected chi connectivity index (χ3v) is 2.26. The minimum Gasteiger partial charge on any atom is -0.474 e. The van der Waals surface area contributed by atoms with Crippen molar-refractivity contribution in [2.24, 2.45) is 0 Å². The topological polar surface area (TPSA) is 33.1 Å². The van der Waals surface area contributed by atoms with Crippen LogP contribution in [0.4, 0.5) is 4.39 Å². The Morgan fingerprint density at radius 2 is 2.12 bits per heavy atom. The Morgan fingerprint density at radius 1 is 1.41 bits per heavy atom. The van der Waals surface area contributed by atoms with E-state index in [1.165, 1.54) is 12.1 Å². The summed E-state index contributed by atoms with van der Waals surface area (Å²) in [6.07, 6.45) is 3.24. The number of nitrogens with one attached hydrogen (secondary N) is 1. The summed E-state index contributed by atoms with van der Waals surface area (Å²) >= 11 is 16.2. The van der Waals surface area contributed by atoms with Crippen LogP contribution in [0.25, 0.3) is 6.08 Å². The number of hydrogen-bond donors (Lipinski definition) is 1. The van der Waals surface area contributed by atoms with Crippen LogP contribution in [0, 0.1) is 11.2 Å². The molecular formula is C11H9Cl3FNO. The second-order valence-corrected chi connectivity index (χ2v) is 5.38. The van der Waals surface area contributed by atoms with Gasteiger partial charge in [-0.15, -0.1) is 0 Å². The maximum Gasteiger partial charge on any atom is 0.265 e. The summed E-state index contributed by atoms with van der Waals surface area (Å²) < 4.78 is 15.8. The molecule has 0 fully saturated rings. The van der Waals surface area contributed by atoms with Crippen molar-refractivity contribution in [1.29, 1.82) is 5.41 Å². The molecule has 1 N–H and O–H groups in total. The van der Waals surface area contributed by atoms with E-state index in [0.717, 1.165) is 0 Å². The van der Waals surface area contributed by atoms with E-state index in [4.69, 9.17) is 44.9 Å². The van der Waals surface area contributed by atoms with Crippen LogP contribution in [0.3, 0.4) is 0 Å². The van der Waals surface area contributed by atoms with Gasteiger partial charge < -0.3 is 4.74 Å². The second-order valence-electron chi connectivity index (χ2n) is 3.10. The van der Waals surface area contributed by atoms with Gasteiger partial charge in [0.2, 0.25) is 5.90 Å². The Labute approximate surface area is 113 Å². The highest BCUT2D eigenvalue weighted by atomic mass is 35.6. The number of hydrogen-bond acceptors (Lipinski definition) is 2. The molecule has 1 aromatic rings. The van der Waals surface area contributed by atoms with Crippen LogP contribution in [0.1, 0.15) is 5.56 Å². The van der Waals surface area contributed by atoms with Crippen molar-refractivity contribution in [2.45, 2.75) is 3.79 Å². The SMILES string of the molecule is N=C(OCC=Cc1cccc(F)c1)C(Cl)(Cl)Cl. The Balaban J connectivity index is 2.44. The van der Waals surface area contributed by atoms with Crippen molar-refractivity contribution in [3.05, 3.63) is 41.7 Å². The van der Waals surface area contributed by atoms with E-state index in [9.17, 15) is 4.39 Å². The van der Waals surface area contributed by atoms with Crippen LogP contribution in [0.2, 0.25) is 0 Å². The first-order valence-electron chi connectivity index (χ1n) is 4.60. The van der Waals surface area contributed by atoms with Gasteiger partial charge in [-0.1, -0.05) is 53.0 Å². The second kappa shape index (κ2) is 6.24. The number of ether oxygens (including phenoxy) is 1. The number of halogens is 4. The largest absolute Gasteiger partial charge is 0.474 e. The van der Waals surface area contributed by atoms with Crippen molar-refractivity contribution in [3.63, 3.8) is 0 Å². The van der Waals surface area contributed by atoms with E-state index in [1.54, 1.807) is 24.3 Å². The Bertz CT molecular complexity index is 429. The van der Waals surface area contributed by atoms with Gasteiger partial charge in [0.1, 0.15) is 12.4 Å². The lowest BCUT2D eigenvalue weighted by Gasteiger charge is -2.11. The fourth-order valence-corrected chi connectivity index (χ4v) is 1.17. The van der Waals surface area contributed by atoms with Crippen molar-refractivity contribution < 1.29 is 9.13 Å². The maximum absolute atomic E-state index is 12.8. The lowest BCUT2D eigenvalue weighted by atomic mass is 10.2. The van der Waals surface area contributed by atoms with Crippen LogP contribution < -0.4 is 0 Å². The molecule has 1 aromatic carbocycles. The molecular weight excluding hydrogens is 287 g/mol. The highest BCUT2D eigenvalue weighted by molar-refractivity contribution is 6.76. The molecule has 17 heavy (non-hydrogen) atoms. The third kappa shape index (κ3) is 5.39. The first-order chi connectivity index (χ1) is 7.89. The number of alkyl halides is 3. The van der Waals surface area contributed by atoms with Crippen LogP contribution in [0.5, 0.6) is 0 Å². The molecule has 0 unspecified atom stereocenters. The zero-order chi connectivity index (χ0) is 12.9. The Kier molecular flexibility index (Phi) is 5.25. The highest BCUT2D eigenvalue weighted by Gasteiger charge is 2.28. The lowest BCUT2D eigenvalue weighted by molar-refractivity contribution is 0.341. The van der Waals surface area contributed by atoms with Crippen molar-refractivity contribution in [1.82, 2.24) is 0 Å². The van der Waals surface area contributed by atoms with Gasteiger partial charge >= 0.3 is 0 Å². The molecule has 0 aliphatic rings. The molecule has 0 atom stereocenters. The predicted molar refractivity (Wildman–Crippen MR) is 69.4 cm³/mol. The zero-order valence-electron chi connectivity index (χ0n) is 8.59. The molecule has 0 heterocycles. The van der Waals surface area contributed by atoms with Crippen molar-refractivity contribution in [3.8, 4) is 0 Å². The molecule has 0 radical (unpaired) electrons. The summed E-state index contributed by atoms with van der Waals surface area (Å²) in [5, 5.41) is 7.25. The van der Waals surface area contributed by atoms with Crippen LogP contribution in [-0.2, 0) is 4.74 Å². The molecule has 0 bridgehead atoms. The Morgan fingerprint density at radius 3 is 2.71 bits per heavy atom. The van der Waals surface area contributed by atoms with Gasteiger partial charge in [-0.25, -0.2) is 4.39 Å². The van der Waals surface area contributed by atoms with E-state index >= 15 is 0 Å². The van der Waals surface area contributed by atoms with Crippen molar-refractivity contribution in [2.75, 3.05) is 6.61 Å². The number of rotatable bonds is 3. The van der Waals surface area contributed by atoms with Crippen LogP contribution in [-0.4, -0.2) is 16.3 Å². The van der Waals surface area contributed by atoms with Gasteiger partial charge in [0.05, 0.1) is 0 Å². The quantitative estimate of drug-likeness (QED) is 0.506. The van der Waals surface area contributed by atoms with Gasteiger partial charge in [0, 0.05) is 0 Å². The van der Waals surface area contributed by atoms with E-state index in [-0.39, 0.29) is 12.4 Å². The molecule has 0 spiro atoms. The maximum atomic E-state index is 12.8. The predicted octanol–water partition coefficient (Wildman–Crippen LogP) is 4.20. The van der Waals surface area contributed by atoms with Crippen molar-refractivity contribution >= 4 is 46.8 Å². The minimum atomic E-state index is -1.85. The van der Waals surface area contributed by atoms with Gasteiger partial charge in [-0.05, 0) is 23.8 Å². The molecule has 1 rings (SSSR count). The average Bonchev–Trinajstić information content (AvgIpc) is 2.23. The molecule has 2 nitrogen and oxygen atoms in total. The summed E-state index contributed by atoms with van der Waals surface area (Å²) in [6, 6.07) is 6.06. The average molecular weight is 297 g/mol. The molecule has 0 saturated heterocycles. The van der Waals surface area contributed by atoms with Crippen LogP contribution in [0.15, 0.2) is 30.3 Å². The fraction of sp³-hybridized carbons (Fsp3) is 0.182. The standard InChI is InChI=1S/C11H9Cl3FNO/c12-11(13,14)10(16)17-6-2-4-8-3-1-5-9(15)7-8/h1-5,7,16H,6H2. The van der Waals surface area contributed by atoms with Gasteiger partial charge in [0.25, 0.3) is 3.79 Å². The smallest absolute Gasteiger partial charge is 0.265 e. The summed E-state index contributed by atoms with van der Waals surface area (Å²) in [5.41, 5.74) is 0.689. The minimum absolute atomic E-state index is 0.0727. The van der Waals surface area contributed by atoms with Gasteiger partial charge in [-0.2, -0.15) is 0 Å². The lowest BCUT2D eigenvalue weighted by Crippen LogP contribution is -2.21. The van der Waals surface area contributed by atoms with Gasteiger partial charge in [-0.3, -0.25) is 5.41 Å². The highest BCUT2D eigenvalue weighted by Crippen LogP contribution is 2.27. The summed E-state index contributed by atoms with van der Waals surface area (Å²) in [4.78, 5) is 0. The molecule has 0 aromatic heterocycles. The van der Waals surface area contributed by atoms with E-state index in [0.29, 0.717) is 5.56 Å². The third-order valence-electron chi connectivity index (χ3n) is 1.74. The fourth-order valence-electron chi connectivity index (χ4n) is 1.01. The summed E-state index contributed by atoms with van der Waals surface area (Å²) in [5.74, 6) is -0.770. The normalized spacial score (nSPS) is 11.8. The number of benzene rings is 1. The molecule has 0 amide bonds. The van der Waals surface area contributed by atoms with Crippen LogP contribution >= 0.6 is 34.8 Å². The first-order valence-corrected chi connectivity index (χ1v) is 5.73.